The normalized spacial score (nSPS) is 10.4. The van der Waals surface area contributed by atoms with Gasteiger partial charge in [0.25, 0.3) is 0 Å². The summed E-state index contributed by atoms with van der Waals surface area (Å²) in [5.41, 5.74) is 0.492. The van der Waals surface area contributed by atoms with E-state index in [0.29, 0.717) is 28.1 Å². The van der Waals surface area contributed by atoms with E-state index >= 15 is 0 Å². The molecule has 2 aromatic carbocycles. The molecular weight excluding hydrogens is 324 g/mol. The fraction of sp³-hybridized carbons (Fsp3) is 0.267. The van der Waals surface area contributed by atoms with Gasteiger partial charge in [0.05, 0.1) is 26.4 Å². The number of hydrogen-bond donors (Lipinski definition) is 0. The van der Waals surface area contributed by atoms with Crippen LogP contribution in [-0.4, -0.2) is 26.8 Å². The summed E-state index contributed by atoms with van der Waals surface area (Å²) < 4.78 is 16.3. The van der Waals surface area contributed by atoms with Gasteiger partial charge in [0, 0.05) is 4.47 Å². The molecule has 0 spiro atoms. The van der Waals surface area contributed by atoms with Crippen molar-refractivity contribution in [3.63, 3.8) is 0 Å². The number of carbonyl (C=O) groups is 1. The molecule has 0 amide bonds. The lowest BCUT2D eigenvalue weighted by Gasteiger charge is -2.11. The van der Waals surface area contributed by atoms with E-state index in [9.17, 15) is 4.79 Å². The standard InChI is InChI=1S/C15H15BrO4/c1-4-20-15(17)11-5-9-7-13(18-2)14(19-3)8-10(9)6-12(11)16/h5-8H,4H2,1-3H3. The topological polar surface area (TPSA) is 44.8 Å². The van der Waals surface area contributed by atoms with Crippen LogP contribution in [-0.2, 0) is 4.74 Å². The van der Waals surface area contributed by atoms with Gasteiger partial charge in [-0.2, -0.15) is 0 Å². The van der Waals surface area contributed by atoms with Crippen LogP contribution in [0.2, 0.25) is 0 Å². The zero-order chi connectivity index (χ0) is 14.7. The van der Waals surface area contributed by atoms with Crippen LogP contribution < -0.4 is 9.47 Å². The van der Waals surface area contributed by atoms with Crippen molar-refractivity contribution < 1.29 is 19.0 Å². The molecule has 2 rings (SSSR count). The quantitative estimate of drug-likeness (QED) is 0.795. The smallest absolute Gasteiger partial charge is 0.339 e. The highest BCUT2D eigenvalue weighted by atomic mass is 79.9. The predicted molar refractivity (Wildman–Crippen MR) is 80.7 cm³/mol. The molecule has 5 heteroatoms. The fourth-order valence-electron chi connectivity index (χ4n) is 1.96. The number of hydrogen-bond acceptors (Lipinski definition) is 4. The number of ether oxygens (including phenoxy) is 3. The first-order chi connectivity index (χ1) is 9.60. The van der Waals surface area contributed by atoms with Crippen LogP contribution in [0.5, 0.6) is 11.5 Å². The van der Waals surface area contributed by atoms with Crippen molar-refractivity contribution in [1.82, 2.24) is 0 Å². The van der Waals surface area contributed by atoms with Gasteiger partial charge in [-0.3, -0.25) is 0 Å². The Balaban J connectivity index is 2.60. The average molecular weight is 339 g/mol. The molecule has 0 saturated heterocycles. The van der Waals surface area contributed by atoms with Gasteiger partial charge in [-0.1, -0.05) is 0 Å². The summed E-state index contributed by atoms with van der Waals surface area (Å²) >= 11 is 3.40. The first-order valence-corrected chi connectivity index (χ1v) is 6.92. The molecule has 0 fully saturated rings. The van der Waals surface area contributed by atoms with Crippen LogP contribution in [0.4, 0.5) is 0 Å². The summed E-state index contributed by atoms with van der Waals surface area (Å²) in [5, 5.41) is 1.83. The Morgan fingerprint density at radius 1 is 1.05 bits per heavy atom. The molecule has 2 aromatic rings. The number of carbonyl (C=O) groups excluding carboxylic acids is 1. The van der Waals surface area contributed by atoms with Gasteiger partial charge in [0.1, 0.15) is 0 Å². The SMILES string of the molecule is CCOC(=O)c1cc2cc(OC)c(OC)cc2cc1Br. The number of methoxy groups -OCH3 is 2. The third-order valence-corrected chi connectivity index (χ3v) is 3.58. The van der Waals surface area contributed by atoms with Gasteiger partial charge in [-0.05, 0) is 57.9 Å². The lowest BCUT2D eigenvalue weighted by molar-refractivity contribution is 0.0525. The summed E-state index contributed by atoms with van der Waals surface area (Å²) in [7, 11) is 3.17. The van der Waals surface area contributed by atoms with Gasteiger partial charge in [0.15, 0.2) is 11.5 Å². The minimum absolute atomic E-state index is 0.343. The third kappa shape index (κ3) is 2.72. The molecule has 0 atom stereocenters. The fourth-order valence-corrected chi connectivity index (χ4v) is 2.49. The maximum Gasteiger partial charge on any atom is 0.339 e. The van der Waals surface area contributed by atoms with E-state index in [2.05, 4.69) is 15.9 Å². The summed E-state index contributed by atoms with van der Waals surface area (Å²) in [6, 6.07) is 7.35. The van der Waals surface area contributed by atoms with E-state index in [-0.39, 0.29) is 5.97 Å². The largest absolute Gasteiger partial charge is 0.493 e. The maximum absolute atomic E-state index is 11.9. The molecule has 0 aliphatic rings. The molecule has 0 N–H and O–H groups in total. The Morgan fingerprint density at radius 3 is 2.10 bits per heavy atom. The van der Waals surface area contributed by atoms with Gasteiger partial charge in [0.2, 0.25) is 0 Å². The van der Waals surface area contributed by atoms with Gasteiger partial charge in [-0.25, -0.2) is 4.79 Å². The minimum atomic E-state index is -0.351. The van der Waals surface area contributed by atoms with Crippen molar-refractivity contribution in [3.05, 3.63) is 34.3 Å². The number of halogens is 1. The van der Waals surface area contributed by atoms with Crippen LogP contribution >= 0.6 is 15.9 Å². The molecule has 0 unspecified atom stereocenters. The molecule has 0 saturated carbocycles. The summed E-state index contributed by atoms with van der Waals surface area (Å²) in [4.78, 5) is 11.9. The number of rotatable bonds is 4. The summed E-state index contributed by atoms with van der Waals surface area (Å²) in [6.07, 6.45) is 0. The molecule has 0 bridgehead atoms. The Kier molecular flexibility index (Phi) is 4.49. The van der Waals surface area contributed by atoms with Crippen molar-refractivity contribution in [2.24, 2.45) is 0 Å². The number of benzene rings is 2. The number of fused-ring (bicyclic) bond motifs is 1. The highest BCUT2D eigenvalue weighted by Crippen LogP contribution is 2.34. The molecule has 0 aliphatic heterocycles. The maximum atomic E-state index is 11.9. The zero-order valence-corrected chi connectivity index (χ0v) is 13.1. The van der Waals surface area contributed by atoms with Crippen molar-refractivity contribution >= 4 is 32.7 Å². The van der Waals surface area contributed by atoms with Gasteiger partial charge in [-0.15, -0.1) is 0 Å². The lowest BCUT2D eigenvalue weighted by Crippen LogP contribution is -2.05. The lowest BCUT2D eigenvalue weighted by atomic mass is 10.1. The van der Waals surface area contributed by atoms with Crippen LogP contribution in [0.1, 0.15) is 17.3 Å². The monoisotopic (exact) mass is 338 g/mol. The van der Waals surface area contributed by atoms with E-state index in [0.717, 1.165) is 10.8 Å². The average Bonchev–Trinajstić information content (AvgIpc) is 2.45. The predicted octanol–water partition coefficient (Wildman–Crippen LogP) is 3.80. The van der Waals surface area contributed by atoms with E-state index in [4.69, 9.17) is 14.2 Å². The van der Waals surface area contributed by atoms with Crippen molar-refractivity contribution in [2.45, 2.75) is 6.92 Å². The first-order valence-electron chi connectivity index (χ1n) is 6.13. The Hall–Kier alpha value is -1.75. The molecule has 0 radical (unpaired) electrons. The van der Waals surface area contributed by atoms with E-state index in [1.807, 2.05) is 18.2 Å². The molecular formula is C15H15BrO4. The second-order valence-corrected chi connectivity index (χ2v) is 4.96. The van der Waals surface area contributed by atoms with E-state index in [1.54, 1.807) is 27.2 Å². The Labute approximate surface area is 125 Å². The van der Waals surface area contributed by atoms with Crippen LogP contribution in [0, 0.1) is 0 Å². The molecule has 20 heavy (non-hydrogen) atoms. The second-order valence-electron chi connectivity index (χ2n) is 4.11. The number of esters is 1. The van der Waals surface area contributed by atoms with E-state index in [1.165, 1.54) is 0 Å². The van der Waals surface area contributed by atoms with Gasteiger partial charge < -0.3 is 14.2 Å². The van der Waals surface area contributed by atoms with Crippen LogP contribution in [0.3, 0.4) is 0 Å². The van der Waals surface area contributed by atoms with Crippen LogP contribution in [0.25, 0.3) is 10.8 Å². The third-order valence-electron chi connectivity index (χ3n) is 2.92. The van der Waals surface area contributed by atoms with Crippen molar-refractivity contribution in [1.29, 1.82) is 0 Å². The highest BCUT2D eigenvalue weighted by molar-refractivity contribution is 9.10. The summed E-state index contributed by atoms with van der Waals surface area (Å²) in [6.45, 7) is 2.12. The molecule has 106 valence electrons. The van der Waals surface area contributed by atoms with Gasteiger partial charge >= 0.3 is 5.97 Å². The second kappa shape index (κ2) is 6.13. The molecule has 0 aliphatic carbocycles. The zero-order valence-electron chi connectivity index (χ0n) is 11.5. The highest BCUT2D eigenvalue weighted by Gasteiger charge is 2.14. The molecule has 4 nitrogen and oxygen atoms in total. The summed E-state index contributed by atoms with van der Waals surface area (Å²) in [5.74, 6) is 0.920. The van der Waals surface area contributed by atoms with E-state index < -0.39 is 0 Å². The Morgan fingerprint density at radius 2 is 1.60 bits per heavy atom. The molecule has 0 heterocycles. The van der Waals surface area contributed by atoms with Crippen molar-refractivity contribution in [3.8, 4) is 11.5 Å². The Bertz CT molecular complexity index is 652. The first kappa shape index (κ1) is 14.7. The van der Waals surface area contributed by atoms with Crippen LogP contribution in [0.15, 0.2) is 28.7 Å². The molecule has 0 aromatic heterocycles. The minimum Gasteiger partial charge on any atom is -0.493 e. The van der Waals surface area contributed by atoms with Crippen molar-refractivity contribution in [2.75, 3.05) is 20.8 Å².